The van der Waals surface area contributed by atoms with Crippen LogP contribution in [0, 0.1) is 18.6 Å². The van der Waals surface area contributed by atoms with Crippen LogP contribution < -0.4 is 0 Å². The van der Waals surface area contributed by atoms with Crippen molar-refractivity contribution in [2.75, 3.05) is 0 Å². The molecule has 0 radical (unpaired) electrons. The summed E-state index contributed by atoms with van der Waals surface area (Å²) in [4.78, 5) is 5.01. The molecule has 0 saturated heterocycles. The third-order valence-electron chi connectivity index (χ3n) is 3.95. The topological polar surface area (TPSA) is 33.1 Å². The van der Waals surface area contributed by atoms with E-state index in [1.807, 2.05) is 19.1 Å². The Kier molecular flexibility index (Phi) is 5.91. The molecule has 0 bridgehead atoms. The van der Waals surface area contributed by atoms with Gasteiger partial charge in [-0.1, -0.05) is 11.6 Å². The minimum Gasteiger partial charge on any atom is -0.390 e. The molecule has 6 heteroatoms. The van der Waals surface area contributed by atoms with Gasteiger partial charge in [-0.15, -0.1) is 11.8 Å². The number of halogens is 3. The first-order valence-corrected chi connectivity index (χ1v) is 9.17. The van der Waals surface area contributed by atoms with E-state index < -0.39 is 16.9 Å². The molecule has 1 heterocycles. The van der Waals surface area contributed by atoms with Gasteiger partial charge in [-0.3, -0.25) is 4.98 Å². The highest BCUT2D eigenvalue weighted by Crippen LogP contribution is 2.43. The number of pyridine rings is 1. The van der Waals surface area contributed by atoms with Gasteiger partial charge in [0.1, 0.15) is 11.6 Å². The van der Waals surface area contributed by atoms with Crippen LogP contribution in [0.5, 0.6) is 0 Å². The molecule has 1 aromatic heterocycles. The molecule has 3 rings (SSSR count). The minimum atomic E-state index is -0.503. The van der Waals surface area contributed by atoms with Crippen molar-refractivity contribution in [3.8, 4) is 0 Å². The van der Waals surface area contributed by atoms with Crippen molar-refractivity contribution in [3.63, 3.8) is 0 Å². The number of aliphatic hydroxyl groups is 1. The molecule has 0 fully saturated rings. The molecule has 134 valence electrons. The number of nitrogens with zero attached hydrogens (tertiary/aromatic N) is 1. The third kappa shape index (κ3) is 4.23. The molecule has 2 nitrogen and oxygen atoms in total. The Hall–Kier alpha value is -1.95. The van der Waals surface area contributed by atoms with Crippen LogP contribution in [0.1, 0.15) is 27.6 Å². The standard InChI is InChI=1S/C20H16ClF2NOS/c1-12-10-24-15(11-25)9-17(12)20(18-8-14(22)4-7-19(18)23)26-16-5-2-13(21)3-6-16/h2-10,20,25H,11H2,1H3. The van der Waals surface area contributed by atoms with Crippen LogP contribution in [0.15, 0.2) is 59.6 Å². The van der Waals surface area contributed by atoms with E-state index in [1.54, 1.807) is 24.4 Å². The van der Waals surface area contributed by atoms with E-state index in [0.717, 1.165) is 28.2 Å². The summed E-state index contributed by atoms with van der Waals surface area (Å²) in [7, 11) is 0. The Morgan fingerprint density at radius 1 is 1.08 bits per heavy atom. The SMILES string of the molecule is Cc1cnc(CO)cc1C(Sc1ccc(Cl)cc1)c1cc(F)ccc1F. The molecule has 0 amide bonds. The first kappa shape index (κ1) is 18.8. The molecule has 1 atom stereocenters. The van der Waals surface area contributed by atoms with Crippen LogP contribution in [0.2, 0.25) is 5.02 Å². The molecule has 3 aromatic rings. The van der Waals surface area contributed by atoms with Crippen LogP contribution >= 0.6 is 23.4 Å². The smallest absolute Gasteiger partial charge is 0.128 e. The maximum atomic E-state index is 14.5. The number of rotatable bonds is 5. The molecule has 0 aliphatic carbocycles. The monoisotopic (exact) mass is 391 g/mol. The predicted molar refractivity (Wildman–Crippen MR) is 100 cm³/mol. The molecule has 2 aromatic carbocycles. The van der Waals surface area contributed by atoms with Gasteiger partial charge in [0.05, 0.1) is 17.6 Å². The Morgan fingerprint density at radius 3 is 2.50 bits per heavy atom. The van der Waals surface area contributed by atoms with Gasteiger partial charge in [-0.2, -0.15) is 0 Å². The van der Waals surface area contributed by atoms with E-state index in [4.69, 9.17) is 11.6 Å². The second-order valence-corrected chi connectivity index (χ2v) is 7.42. The van der Waals surface area contributed by atoms with Crippen molar-refractivity contribution in [2.24, 2.45) is 0 Å². The summed E-state index contributed by atoms with van der Waals surface area (Å²) < 4.78 is 28.3. The van der Waals surface area contributed by atoms with Gasteiger partial charge in [0.25, 0.3) is 0 Å². The van der Waals surface area contributed by atoms with Gasteiger partial charge in [-0.05, 0) is 66.6 Å². The number of aliphatic hydroxyl groups excluding tert-OH is 1. The number of hydrogen-bond donors (Lipinski definition) is 1. The first-order chi connectivity index (χ1) is 12.5. The van der Waals surface area contributed by atoms with Gasteiger partial charge in [0.2, 0.25) is 0 Å². The number of aryl methyl sites for hydroxylation is 1. The van der Waals surface area contributed by atoms with Crippen molar-refractivity contribution >= 4 is 23.4 Å². The van der Waals surface area contributed by atoms with Crippen molar-refractivity contribution < 1.29 is 13.9 Å². The first-order valence-electron chi connectivity index (χ1n) is 7.91. The summed E-state index contributed by atoms with van der Waals surface area (Å²) in [5.74, 6) is -0.989. The second kappa shape index (κ2) is 8.16. The Bertz CT molecular complexity index is 918. The molecule has 1 unspecified atom stereocenters. The third-order valence-corrected chi connectivity index (χ3v) is 5.49. The summed E-state index contributed by atoms with van der Waals surface area (Å²) >= 11 is 7.32. The lowest BCUT2D eigenvalue weighted by atomic mass is 10.00. The van der Waals surface area contributed by atoms with Gasteiger partial charge < -0.3 is 5.11 Å². The van der Waals surface area contributed by atoms with Gasteiger partial charge in [-0.25, -0.2) is 8.78 Å². The maximum Gasteiger partial charge on any atom is 0.128 e. The van der Waals surface area contributed by atoms with E-state index in [9.17, 15) is 13.9 Å². The highest BCUT2D eigenvalue weighted by Gasteiger charge is 2.22. The Balaban J connectivity index is 2.12. The summed E-state index contributed by atoms with van der Waals surface area (Å²) in [6.45, 7) is 1.63. The summed E-state index contributed by atoms with van der Waals surface area (Å²) in [6, 6.07) is 12.3. The van der Waals surface area contributed by atoms with E-state index >= 15 is 0 Å². The molecule has 0 spiro atoms. The lowest BCUT2D eigenvalue weighted by Gasteiger charge is -2.21. The Labute approximate surface area is 159 Å². The summed E-state index contributed by atoms with van der Waals surface area (Å²) in [5, 5.41) is 9.51. The van der Waals surface area contributed by atoms with Crippen LogP contribution in [0.4, 0.5) is 8.78 Å². The van der Waals surface area contributed by atoms with Crippen molar-refractivity contribution in [1.82, 2.24) is 4.98 Å². The van der Waals surface area contributed by atoms with Gasteiger partial charge in [0.15, 0.2) is 0 Å². The maximum absolute atomic E-state index is 14.5. The molecule has 0 aliphatic heterocycles. The van der Waals surface area contributed by atoms with Crippen molar-refractivity contribution in [2.45, 2.75) is 23.7 Å². The van der Waals surface area contributed by atoms with Crippen LogP contribution in [0.3, 0.4) is 0 Å². The quantitative estimate of drug-likeness (QED) is 0.566. The fraction of sp³-hybridized carbons (Fsp3) is 0.150. The van der Waals surface area contributed by atoms with Crippen molar-refractivity contribution in [1.29, 1.82) is 0 Å². The lowest BCUT2D eigenvalue weighted by Crippen LogP contribution is -2.05. The molecule has 0 saturated carbocycles. The van der Waals surface area contributed by atoms with E-state index in [1.165, 1.54) is 17.8 Å². The molecule has 1 N–H and O–H groups in total. The van der Waals surface area contributed by atoms with Gasteiger partial charge in [0, 0.05) is 21.7 Å². The lowest BCUT2D eigenvalue weighted by molar-refractivity contribution is 0.276. The molecule has 0 aliphatic rings. The average Bonchev–Trinajstić information content (AvgIpc) is 2.64. The molecular weight excluding hydrogens is 376 g/mol. The highest BCUT2D eigenvalue weighted by molar-refractivity contribution is 7.99. The normalized spacial score (nSPS) is 12.2. The fourth-order valence-electron chi connectivity index (χ4n) is 2.61. The molecular formula is C20H16ClF2NOS. The number of aromatic nitrogens is 1. The van der Waals surface area contributed by atoms with E-state index in [0.29, 0.717) is 10.7 Å². The van der Waals surface area contributed by atoms with Crippen molar-refractivity contribution in [3.05, 3.63) is 93.8 Å². The van der Waals surface area contributed by atoms with Gasteiger partial charge >= 0.3 is 0 Å². The van der Waals surface area contributed by atoms with Crippen LogP contribution in [-0.2, 0) is 6.61 Å². The average molecular weight is 392 g/mol. The number of thioether (sulfide) groups is 1. The Morgan fingerprint density at radius 2 is 1.81 bits per heavy atom. The predicted octanol–water partition coefficient (Wildman–Crippen LogP) is 5.70. The zero-order valence-electron chi connectivity index (χ0n) is 13.9. The van der Waals surface area contributed by atoms with E-state index in [2.05, 4.69) is 4.98 Å². The second-order valence-electron chi connectivity index (χ2n) is 5.81. The fourth-order valence-corrected chi connectivity index (χ4v) is 3.99. The zero-order valence-corrected chi connectivity index (χ0v) is 15.5. The summed E-state index contributed by atoms with van der Waals surface area (Å²) in [5.41, 5.74) is 2.32. The van der Waals surface area contributed by atoms with Crippen LogP contribution in [0.25, 0.3) is 0 Å². The highest BCUT2D eigenvalue weighted by atomic mass is 35.5. The number of benzene rings is 2. The number of hydrogen-bond acceptors (Lipinski definition) is 3. The zero-order chi connectivity index (χ0) is 18.7. The largest absolute Gasteiger partial charge is 0.390 e. The van der Waals surface area contributed by atoms with E-state index in [-0.39, 0.29) is 12.2 Å². The minimum absolute atomic E-state index is 0.225. The summed E-state index contributed by atoms with van der Waals surface area (Å²) in [6.07, 6.45) is 1.63. The van der Waals surface area contributed by atoms with Crippen LogP contribution in [-0.4, -0.2) is 10.1 Å². The molecule has 26 heavy (non-hydrogen) atoms.